The number of ether oxygens (including phenoxy) is 1. The van der Waals surface area contributed by atoms with Crippen LogP contribution >= 0.6 is 11.9 Å². The molecule has 5 rings (SSSR count). The Hall–Kier alpha value is -3.24. The van der Waals surface area contributed by atoms with E-state index in [1.807, 2.05) is 36.7 Å². The van der Waals surface area contributed by atoms with Crippen LogP contribution in [0.2, 0.25) is 0 Å². The zero-order valence-electron chi connectivity index (χ0n) is 17.1. The Morgan fingerprint density at radius 3 is 2.97 bits per heavy atom. The Kier molecular flexibility index (Phi) is 5.39. The number of carbonyl (C=O) groups excluding carboxylic acids is 1. The lowest BCUT2D eigenvalue weighted by molar-refractivity contribution is -0.699. The van der Waals surface area contributed by atoms with Crippen LogP contribution in [0.25, 0.3) is 0 Å². The highest BCUT2D eigenvalue weighted by Crippen LogP contribution is 2.39. The van der Waals surface area contributed by atoms with Crippen LogP contribution in [0.5, 0.6) is 0 Å². The summed E-state index contributed by atoms with van der Waals surface area (Å²) in [4.78, 5) is 18.2. The SMILES string of the molecule is CCOC(=O)Nc1ccc(SN2C=C(Nc3cc(C4CC4)[nH]n3)[NH+]3C=CN=C3C2)cc1. The van der Waals surface area contributed by atoms with Crippen molar-refractivity contribution >= 4 is 35.4 Å². The molecule has 9 nitrogen and oxygen atoms in total. The molecule has 3 heterocycles. The number of amides is 1. The van der Waals surface area contributed by atoms with Gasteiger partial charge in [-0.1, -0.05) is 0 Å². The summed E-state index contributed by atoms with van der Waals surface area (Å²) >= 11 is 1.61. The number of carbonyl (C=O) groups is 1. The minimum Gasteiger partial charge on any atom is -0.450 e. The minimum absolute atomic E-state index is 0.343. The quantitative estimate of drug-likeness (QED) is 0.496. The van der Waals surface area contributed by atoms with E-state index in [4.69, 9.17) is 4.74 Å². The summed E-state index contributed by atoms with van der Waals surface area (Å²) < 4.78 is 7.05. The second kappa shape index (κ2) is 8.48. The predicted octanol–water partition coefficient (Wildman–Crippen LogP) is 2.86. The van der Waals surface area contributed by atoms with Gasteiger partial charge in [0.25, 0.3) is 0 Å². The largest absolute Gasteiger partial charge is 0.450 e. The summed E-state index contributed by atoms with van der Waals surface area (Å²) in [5.74, 6) is 3.45. The molecular formula is C21H24N7O2S+. The fourth-order valence-corrected chi connectivity index (χ4v) is 4.34. The molecular weight excluding hydrogens is 414 g/mol. The highest BCUT2D eigenvalue weighted by Gasteiger charge is 2.32. The molecule has 1 saturated carbocycles. The molecule has 10 heteroatoms. The molecule has 1 unspecified atom stereocenters. The molecule has 160 valence electrons. The molecule has 1 aromatic heterocycles. The van der Waals surface area contributed by atoms with Crippen LogP contribution in [0.4, 0.5) is 16.3 Å². The maximum absolute atomic E-state index is 11.6. The number of aliphatic imine (C=N–C) groups is 1. The zero-order chi connectivity index (χ0) is 21.2. The number of nitrogens with zero attached hydrogens (tertiary/aromatic N) is 3. The first kappa shape index (κ1) is 19.7. The molecule has 2 aliphatic heterocycles. The maximum atomic E-state index is 11.6. The van der Waals surface area contributed by atoms with E-state index in [0.717, 1.165) is 27.3 Å². The number of hydrogen-bond acceptors (Lipinski definition) is 7. The highest BCUT2D eigenvalue weighted by atomic mass is 32.2. The minimum atomic E-state index is -0.449. The number of amidine groups is 1. The molecule has 1 aliphatic carbocycles. The van der Waals surface area contributed by atoms with Gasteiger partial charge in [-0.25, -0.2) is 14.7 Å². The third-order valence-electron chi connectivity index (χ3n) is 5.13. The molecule has 1 amide bonds. The average molecular weight is 439 g/mol. The molecule has 4 N–H and O–H groups in total. The molecule has 3 aliphatic rings. The number of aromatic amines is 1. The molecule has 31 heavy (non-hydrogen) atoms. The van der Waals surface area contributed by atoms with E-state index in [0.29, 0.717) is 24.8 Å². The number of nitrogens with one attached hydrogen (secondary N) is 4. The summed E-state index contributed by atoms with van der Waals surface area (Å²) in [6.07, 6.45) is 7.98. The van der Waals surface area contributed by atoms with E-state index < -0.39 is 6.09 Å². The summed E-state index contributed by atoms with van der Waals surface area (Å²) in [6.45, 7) is 2.82. The number of benzene rings is 1. The third kappa shape index (κ3) is 4.59. The molecule has 1 atom stereocenters. The first-order chi connectivity index (χ1) is 15.2. The first-order valence-corrected chi connectivity index (χ1v) is 11.1. The number of hydrogen-bond donors (Lipinski definition) is 4. The number of anilines is 2. The maximum Gasteiger partial charge on any atom is 0.411 e. The fourth-order valence-electron chi connectivity index (χ4n) is 3.47. The van der Waals surface area contributed by atoms with Gasteiger partial charge in [-0.15, -0.1) is 0 Å². The highest BCUT2D eigenvalue weighted by molar-refractivity contribution is 7.97. The van der Waals surface area contributed by atoms with Crippen LogP contribution in [0.15, 0.2) is 64.6 Å². The topological polar surface area (TPSA) is 99.1 Å². The summed E-state index contributed by atoms with van der Waals surface area (Å²) in [7, 11) is 0. The summed E-state index contributed by atoms with van der Waals surface area (Å²) in [5, 5.41) is 13.7. The van der Waals surface area contributed by atoms with Crippen LogP contribution in [0, 0.1) is 0 Å². The Labute approximate surface area is 184 Å². The monoisotopic (exact) mass is 438 g/mol. The Bertz CT molecular complexity index is 1060. The summed E-state index contributed by atoms with van der Waals surface area (Å²) in [5.41, 5.74) is 1.90. The van der Waals surface area contributed by atoms with E-state index in [-0.39, 0.29) is 0 Å². The van der Waals surface area contributed by atoms with Crippen molar-refractivity contribution in [1.29, 1.82) is 0 Å². The Morgan fingerprint density at radius 1 is 1.35 bits per heavy atom. The van der Waals surface area contributed by atoms with Crippen LogP contribution in [-0.4, -0.2) is 39.6 Å². The second-order valence-corrected chi connectivity index (χ2v) is 8.62. The lowest BCUT2D eigenvalue weighted by Crippen LogP contribution is -3.10. The van der Waals surface area contributed by atoms with Gasteiger partial charge in [0.2, 0.25) is 11.7 Å². The van der Waals surface area contributed by atoms with Crippen LogP contribution in [0.3, 0.4) is 0 Å². The molecule has 1 aromatic carbocycles. The lowest BCUT2D eigenvalue weighted by atomic mass is 10.3. The van der Waals surface area contributed by atoms with Crippen molar-refractivity contribution in [2.75, 3.05) is 23.8 Å². The zero-order valence-corrected chi connectivity index (χ0v) is 17.9. The first-order valence-electron chi connectivity index (χ1n) is 10.3. The van der Waals surface area contributed by atoms with E-state index in [9.17, 15) is 4.79 Å². The van der Waals surface area contributed by atoms with E-state index in [1.54, 1.807) is 18.9 Å². The summed E-state index contributed by atoms with van der Waals surface area (Å²) in [6, 6.07) is 9.76. The predicted molar refractivity (Wildman–Crippen MR) is 119 cm³/mol. The molecule has 1 fully saturated rings. The van der Waals surface area contributed by atoms with Crippen molar-refractivity contribution in [2.45, 2.75) is 30.6 Å². The molecule has 0 bridgehead atoms. The van der Waals surface area contributed by atoms with Crippen molar-refractivity contribution in [2.24, 2.45) is 4.99 Å². The van der Waals surface area contributed by atoms with Gasteiger partial charge in [0.05, 0.1) is 19.0 Å². The van der Waals surface area contributed by atoms with E-state index in [1.165, 1.54) is 18.5 Å². The molecule has 2 aromatic rings. The smallest absolute Gasteiger partial charge is 0.411 e. The number of H-pyrrole nitrogens is 1. The molecule has 0 saturated heterocycles. The van der Waals surface area contributed by atoms with Gasteiger partial charge >= 0.3 is 6.09 Å². The molecule has 0 spiro atoms. The second-order valence-electron chi connectivity index (χ2n) is 7.49. The van der Waals surface area contributed by atoms with Gasteiger partial charge in [0.1, 0.15) is 12.7 Å². The van der Waals surface area contributed by atoms with Crippen molar-refractivity contribution in [3.05, 3.63) is 60.4 Å². The van der Waals surface area contributed by atoms with Crippen molar-refractivity contribution in [3.8, 4) is 0 Å². The van der Waals surface area contributed by atoms with Gasteiger partial charge in [0.15, 0.2) is 5.82 Å². The van der Waals surface area contributed by atoms with Crippen molar-refractivity contribution < 1.29 is 14.4 Å². The van der Waals surface area contributed by atoms with Crippen LogP contribution in [0.1, 0.15) is 31.4 Å². The standard InChI is InChI=1S/C21H23N7O2S/c1-2-30-21(29)23-15-5-7-16(8-6-15)31-27-12-19-22-9-10-28(19)20(13-27)24-18-11-17(25-26-18)14-3-4-14/h5-11,13-14H,2-4,12H2,1H3,(H,23,29)(H2,24,25,26)/p+1. The van der Waals surface area contributed by atoms with E-state index in [2.05, 4.69) is 42.4 Å². The van der Waals surface area contributed by atoms with Crippen LogP contribution < -0.4 is 15.5 Å². The van der Waals surface area contributed by atoms with Crippen molar-refractivity contribution in [1.82, 2.24) is 14.5 Å². The number of fused-ring (bicyclic) bond motifs is 1. The Morgan fingerprint density at radius 2 is 2.19 bits per heavy atom. The van der Waals surface area contributed by atoms with Gasteiger partial charge < -0.3 is 4.74 Å². The van der Waals surface area contributed by atoms with Gasteiger partial charge in [-0.05, 0) is 56.0 Å². The lowest BCUT2D eigenvalue weighted by Gasteiger charge is -2.27. The van der Waals surface area contributed by atoms with Gasteiger partial charge in [-0.2, -0.15) is 5.10 Å². The van der Waals surface area contributed by atoms with E-state index >= 15 is 0 Å². The Balaban J connectivity index is 1.27. The fraction of sp³-hybridized carbons (Fsp3) is 0.286. The third-order valence-corrected chi connectivity index (χ3v) is 6.08. The van der Waals surface area contributed by atoms with Gasteiger partial charge in [-0.3, -0.25) is 20.0 Å². The number of quaternary nitrogens is 1. The van der Waals surface area contributed by atoms with Gasteiger partial charge in [0, 0.05) is 28.3 Å². The number of aromatic nitrogens is 2. The number of rotatable bonds is 7. The van der Waals surface area contributed by atoms with Crippen LogP contribution in [-0.2, 0) is 4.74 Å². The molecule has 0 radical (unpaired) electrons. The average Bonchev–Trinajstić information content (AvgIpc) is 3.31. The normalized spacial score (nSPS) is 19.5. The van der Waals surface area contributed by atoms with Crippen molar-refractivity contribution in [3.63, 3.8) is 0 Å².